The summed E-state index contributed by atoms with van der Waals surface area (Å²) >= 11 is 0. The summed E-state index contributed by atoms with van der Waals surface area (Å²) in [7, 11) is 0. The largest absolute Gasteiger partial charge is 0.314 e. The summed E-state index contributed by atoms with van der Waals surface area (Å²) in [6.07, 6.45) is 6.73. The van der Waals surface area contributed by atoms with Gasteiger partial charge in [-0.05, 0) is 122 Å². The van der Waals surface area contributed by atoms with Crippen molar-refractivity contribution in [3.8, 4) is 33.4 Å². The lowest BCUT2D eigenvalue weighted by molar-refractivity contribution is 0.623. The Morgan fingerprint density at radius 2 is 0.980 bits per heavy atom. The summed E-state index contributed by atoms with van der Waals surface area (Å²) in [5.41, 5.74) is 19.9. The highest BCUT2D eigenvalue weighted by Gasteiger charge is 2.42. The standard InChI is InChI=1S/C48H41N/c1-47(2)41-20-12-11-19-39(41)40-30-44-46(31-43(40)47)49(45-22-14-13-21-42(45)48(44,3)4)38-25-23-34(24-26-38)37-28-35(32-15-7-5-8-16-32)27-36(29-37)33-17-9-6-10-18-33/h5-23,25,27-31H,24,26H2,1-4H3. The summed E-state index contributed by atoms with van der Waals surface area (Å²) in [5.74, 6) is 0. The van der Waals surface area contributed by atoms with Crippen molar-refractivity contribution in [3.05, 3.63) is 185 Å². The third-order valence-electron chi connectivity index (χ3n) is 11.4. The molecule has 0 radical (unpaired) electrons. The van der Waals surface area contributed by atoms with Gasteiger partial charge in [0, 0.05) is 22.2 Å². The second-order valence-corrected chi connectivity index (χ2v) is 14.9. The third-order valence-corrected chi connectivity index (χ3v) is 11.4. The molecule has 49 heavy (non-hydrogen) atoms. The Morgan fingerprint density at radius 1 is 0.408 bits per heavy atom. The van der Waals surface area contributed by atoms with Crippen LogP contribution in [0.4, 0.5) is 11.4 Å². The highest BCUT2D eigenvalue weighted by atomic mass is 15.2. The average Bonchev–Trinajstić information content (AvgIpc) is 3.37. The third kappa shape index (κ3) is 4.67. The lowest BCUT2D eigenvalue weighted by Crippen LogP contribution is -2.33. The molecule has 6 aromatic carbocycles. The summed E-state index contributed by atoms with van der Waals surface area (Å²) in [6, 6.07) is 51.7. The van der Waals surface area contributed by atoms with Crippen molar-refractivity contribution in [2.75, 3.05) is 4.90 Å². The normalized spacial score (nSPS) is 16.5. The first kappa shape index (κ1) is 29.7. The first-order valence-electron chi connectivity index (χ1n) is 17.7. The van der Waals surface area contributed by atoms with E-state index < -0.39 is 0 Å². The number of rotatable bonds is 4. The number of hydrogen-bond acceptors (Lipinski definition) is 1. The molecule has 0 amide bonds. The van der Waals surface area contributed by atoms with Crippen molar-refractivity contribution in [3.63, 3.8) is 0 Å². The number of benzene rings is 6. The van der Waals surface area contributed by atoms with Crippen LogP contribution < -0.4 is 4.90 Å². The van der Waals surface area contributed by atoms with Crippen molar-refractivity contribution in [1.29, 1.82) is 0 Å². The molecule has 1 heterocycles. The maximum Gasteiger partial charge on any atom is 0.0502 e. The second kappa shape index (κ2) is 11.1. The topological polar surface area (TPSA) is 3.24 Å². The number of nitrogens with zero attached hydrogens (tertiary/aromatic N) is 1. The summed E-state index contributed by atoms with van der Waals surface area (Å²) in [4.78, 5) is 2.58. The van der Waals surface area contributed by atoms with Crippen LogP contribution in [0, 0.1) is 0 Å². The molecule has 0 saturated carbocycles. The van der Waals surface area contributed by atoms with Gasteiger partial charge in [-0.3, -0.25) is 0 Å². The molecule has 1 aliphatic heterocycles. The molecule has 0 fully saturated rings. The van der Waals surface area contributed by atoms with Gasteiger partial charge < -0.3 is 4.90 Å². The van der Waals surface area contributed by atoms with E-state index in [9.17, 15) is 0 Å². The molecule has 0 spiro atoms. The van der Waals surface area contributed by atoms with Gasteiger partial charge in [0.15, 0.2) is 0 Å². The Bertz CT molecular complexity index is 2260. The molecular formula is C48H41N. The predicted molar refractivity (Wildman–Crippen MR) is 207 cm³/mol. The van der Waals surface area contributed by atoms with Crippen LogP contribution in [0.5, 0.6) is 0 Å². The van der Waals surface area contributed by atoms with Crippen LogP contribution in [0.3, 0.4) is 0 Å². The van der Waals surface area contributed by atoms with E-state index in [1.807, 2.05) is 0 Å². The molecule has 0 N–H and O–H groups in total. The number of para-hydroxylation sites is 1. The van der Waals surface area contributed by atoms with Gasteiger partial charge in [-0.2, -0.15) is 0 Å². The number of hydrogen-bond donors (Lipinski definition) is 0. The molecule has 0 bridgehead atoms. The van der Waals surface area contributed by atoms with Crippen molar-refractivity contribution >= 4 is 16.9 Å². The van der Waals surface area contributed by atoms with Crippen LogP contribution in [0.25, 0.3) is 39.0 Å². The van der Waals surface area contributed by atoms with Gasteiger partial charge in [0.1, 0.15) is 0 Å². The smallest absolute Gasteiger partial charge is 0.0502 e. The SMILES string of the molecule is CC1(C)c2ccccc2-c2cc3c(cc21)N(C1=CC=C(c2cc(-c4ccccc4)cc(-c4ccccc4)c2)CC1)c1ccccc1C3(C)C. The number of anilines is 2. The molecule has 1 heteroatoms. The van der Waals surface area contributed by atoms with E-state index in [0.717, 1.165) is 12.8 Å². The van der Waals surface area contributed by atoms with Crippen LogP contribution in [0.15, 0.2) is 157 Å². The molecule has 238 valence electrons. The van der Waals surface area contributed by atoms with Crippen molar-refractivity contribution < 1.29 is 0 Å². The Labute approximate surface area is 290 Å². The number of fused-ring (bicyclic) bond motifs is 5. The average molecular weight is 632 g/mol. The summed E-state index contributed by atoms with van der Waals surface area (Å²) < 4.78 is 0. The molecule has 0 aromatic heterocycles. The van der Waals surface area contributed by atoms with Gasteiger partial charge in [0.2, 0.25) is 0 Å². The highest BCUT2D eigenvalue weighted by molar-refractivity contribution is 5.90. The van der Waals surface area contributed by atoms with Crippen molar-refractivity contribution in [2.24, 2.45) is 0 Å². The second-order valence-electron chi connectivity index (χ2n) is 14.9. The van der Waals surface area contributed by atoms with Crippen LogP contribution in [-0.4, -0.2) is 0 Å². The molecule has 6 aromatic rings. The maximum absolute atomic E-state index is 2.58. The zero-order valence-electron chi connectivity index (χ0n) is 28.8. The predicted octanol–water partition coefficient (Wildman–Crippen LogP) is 12.9. The molecule has 0 saturated heterocycles. The lowest BCUT2D eigenvalue weighted by Gasteiger charge is -2.44. The molecule has 2 aliphatic carbocycles. The maximum atomic E-state index is 2.58. The minimum absolute atomic E-state index is 0.0536. The van der Waals surface area contributed by atoms with Crippen LogP contribution in [0.2, 0.25) is 0 Å². The van der Waals surface area contributed by atoms with Gasteiger partial charge in [-0.15, -0.1) is 0 Å². The Hall–Kier alpha value is -5.40. The van der Waals surface area contributed by atoms with E-state index in [0.29, 0.717) is 0 Å². The van der Waals surface area contributed by atoms with Gasteiger partial charge in [-0.1, -0.05) is 137 Å². The summed E-state index contributed by atoms with van der Waals surface area (Å²) in [6.45, 7) is 9.58. The Kier molecular flexibility index (Phi) is 6.71. The molecule has 0 atom stereocenters. The first-order valence-corrected chi connectivity index (χ1v) is 17.7. The van der Waals surface area contributed by atoms with E-state index in [-0.39, 0.29) is 10.8 Å². The van der Waals surface area contributed by atoms with Crippen LogP contribution in [-0.2, 0) is 10.8 Å². The summed E-state index contributed by atoms with van der Waals surface area (Å²) in [5, 5.41) is 0. The lowest BCUT2D eigenvalue weighted by atomic mass is 9.71. The Balaban J connectivity index is 1.18. The number of allylic oxidation sites excluding steroid dienone is 4. The molecule has 1 nitrogen and oxygen atoms in total. The van der Waals surface area contributed by atoms with Gasteiger partial charge in [0.25, 0.3) is 0 Å². The quantitative estimate of drug-likeness (QED) is 0.187. The van der Waals surface area contributed by atoms with E-state index in [1.54, 1.807) is 0 Å². The highest BCUT2D eigenvalue weighted by Crippen LogP contribution is 2.57. The van der Waals surface area contributed by atoms with E-state index in [4.69, 9.17) is 0 Å². The molecule has 0 unspecified atom stereocenters. The fourth-order valence-electron chi connectivity index (χ4n) is 8.66. The molecular weight excluding hydrogens is 591 g/mol. The minimum Gasteiger partial charge on any atom is -0.314 e. The first-order chi connectivity index (χ1) is 23.8. The van der Waals surface area contributed by atoms with Crippen LogP contribution in [0.1, 0.15) is 68.4 Å². The van der Waals surface area contributed by atoms with Crippen molar-refractivity contribution in [2.45, 2.75) is 51.4 Å². The van der Waals surface area contributed by atoms with Gasteiger partial charge >= 0.3 is 0 Å². The van der Waals surface area contributed by atoms with Gasteiger partial charge in [-0.25, -0.2) is 0 Å². The van der Waals surface area contributed by atoms with Crippen LogP contribution >= 0.6 is 0 Å². The zero-order valence-corrected chi connectivity index (χ0v) is 28.8. The van der Waals surface area contributed by atoms with E-state index in [1.165, 1.54) is 83.8 Å². The van der Waals surface area contributed by atoms with Gasteiger partial charge in [0.05, 0.1) is 5.69 Å². The Morgan fingerprint density at radius 3 is 1.63 bits per heavy atom. The van der Waals surface area contributed by atoms with E-state index in [2.05, 4.69) is 184 Å². The fourth-order valence-corrected chi connectivity index (χ4v) is 8.66. The molecule has 9 rings (SSSR count). The molecule has 3 aliphatic rings. The van der Waals surface area contributed by atoms with E-state index >= 15 is 0 Å². The monoisotopic (exact) mass is 631 g/mol. The fraction of sp³-hybridized carbons (Fsp3) is 0.167. The van der Waals surface area contributed by atoms with Crippen molar-refractivity contribution in [1.82, 2.24) is 0 Å². The minimum atomic E-state index is -0.124. The zero-order chi connectivity index (χ0) is 33.3.